The minimum atomic E-state index is -1.70. The quantitative estimate of drug-likeness (QED) is 0.280. The van der Waals surface area contributed by atoms with Gasteiger partial charge in [0.1, 0.15) is 30.0 Å². The van der Waals surface area contributed by atoms with Crippen molar-refractivity contribution in [2.45, 2.75) is 69.0 Å². The van der Waals surface area contributed by atoms with Crippen LogP contribution in [-0.2, 0) is 33.3 Å². The van der Waals surface area contributed by atoms with Crippen molar-refractivity contribution in [1.82, 2.24) is 0 Å². The number of esters is 2. The van der Waals surface area contributed by atoms with Crippen LogP contribution < -0.4 is 0 Å². The molecule has 2 aliphatic heterocycles. The first-order valence-corrected chi connectivity index (χ1v) is 9.81. The topological polar surface area (TPSA) is 181 Å². The van der Waals surface area contributed by atoms with Gasteiger partial charge in [-0.05, 0) is 6.92 Å². The predicted octanol–water partition coefficient (Wildman–Crippen LogP) is -2.47. The van der Waals surface area contributed by atoms with E-state index in [9.17, 15) is 35.1 Å². The van der Waals surface area contributed by atoms with Crippen molar-refractivity contribution in [2.24, 2.45) is 11.8 Å². The van der Waals surface area contributed by atoms with Crippen LogP contribution in [0.4, 0.5) is 0 Å². The number of carbonyl (C=O) groups excluding carboxylic acids is 2. The van der Waals surface area contributed by atoms with E-state index in [-0.39, 0.29) is 12.0 Å². The van der Waals surface area contributed by atoms with E-state index in [0.717, 1.165) is 6.26 Å². The molecular formula is C19H28O12. The van der Waals surface area contributed by atoms with Crippen LogP contribution in [0.15, 0.2) is 11.8 Å². The monoisotopic (exact) mass is 448 g/mol. The molecule has 3 aliphatic rings. The lowest BCUT2D eigenvalue weighted by atomic mass is 9.80. The van der Waals surface area contributed by atoms with Crippen molar-refractivity contribution in [3.8, 4) is 0 Å². The molecule has 0 radical (unpaired) electrons. The lowest BCUT2D eigenvalue weighted by Gasteiger charge is -2.44. The number of methoxy groups -OCH3 is 1. The maximum absolute atomic E-state index is 12.2. The van der Waals surface area contributed by atoms with Gasteiger partial charge in [0, 0.05) is 19.3 Å². The Morgan fingerprint density at radius 2 is 1.84 bits per heavy atom. The molecule has 0 aromatic rings. The van der Waals surface area contributed by atoms with Gasteiger partial charge in [-0.1, -0.05) is 0 Å². The lowest BCUT2D eigenvalue weighted by Crippen LogP contribution is -2.61. The molecule has 0 aromatic carbocycles. The van der Waals surface area contributed by atoms with E-state index in [0.29, 0.717) is 0 Å². The molecule has 0 spiro atoms. The van der Waals surface area contributed by atoms with E-state index < -0.39 is 79.1 Å². The highest BCUT2D eigenvalue weighted by Gasteiger charge is 2.61. The Hall–Kier alpha value is -1.80. The molecule has 176 valence electrons. The zero-order chi connectivity index (χ0) is 23.1. The number of rotatable bonds is 5. The number of carbonyl (C=O) groups is 2. The molecule has 0 aromatic heterocycles. The van der Waals surface area contributed by atoms with Gasteiger partial charge < -0.3 is 49.2 Å². The molecule has 0 amide bonds. The third-order valence-electron chi connectivity index (χ3n) is 6.02. The van der Waals surface area contributed by atoms with Gasteiger partial charge in [-0.25, -0.2) is 4.79 Å². The maximum atomic E-state index is 12.2. The predicted molar refractivity (Wildman–Crippen MR) is 97.6 cm³/mol. The first-order valence-electron chi connectivity index (χ1n) is 9.81. The summed E-state index contributed by atoms with van der Waals surface area (Å²) in [5.74, 6) is -3.18. The highest BCUT2D eigenvalue weighted by Crippen LogP contribution is 2.51. The third-order valence-corrected chi connectivity index (χ3v) is 6.02. The summed E-state index contributed by atoms with van der Waals surface area (Å²) >= 11 is 0. The standard InChI is InChI=1S/C19H28O12/c1-7(21)31-19(2)4-9(22)11-8(16(26)27-3)6-28-17(12(11)19)30-18-15(25)14(24)13(23)10(5-20)29-18/h6,9-15,17-18,20,22-25H,4-5H2,1-3H3/t9-,10+,11-,12+,13+,14-,15+,17-,18-,19-/m0/s1. The number of aliphatic hydroxyl groups is 5. The van der Waals surface area contributed by atoms with Crippen LogP contribution in [-0.4, -0.2) is 99.9 Å². The van der Waals surface area contributed by atoms with Crippen LogP contribution in [0.1, 0.15) is 20.3 Å². The second-order valence-electron chi connectivity index (χ2n) is 8.13. The molecule has 0 bridgehead atoms. The van der Waals surface area contributed by atoms with Crippen LogP contribution in [0, 0.1) is 11.8 Å². The minimum absolute atomic E-state index is 0.0181. The van der Waals surface area contributed by atoms with Crippen LogP contribution in [0.5, 0.6) is 0 Å². The van der Waals surface area contributed by atoms with Crippen LogP contribution in [0.25, 0.3) is 0 Å². The van der Waals surface area contributed by atoms with Gasteiger partial charge in [0.05, 0.1) is 37.6 Å². The van der Waals surface area contributed by atoms with Gasteiger partial charge in [0.15, 0.2) is 6.29 Å². The molecule has 10 atom stereocenters. The van der Waals surface area contributed by atoms with Gasteiger partial charge in [-0.3, -0.25) is 4.79 Å². The zero-order valence-corrected chi connectivity index (χ0v) is 17.3. The molecular weight excluding hydrogens is 420 g/mol. The summed E-state index contributed by atoms with van der Waals surface area (Å²) in [5, 5.41) is 50.3. The van der Waals surface area contributed by atoms with E-state index in [2.05, 4.69) is 0 Å². The molecule has 31 heavy (non-hydrogen) atoms. The Bertz CT molecular complexity index is 723. The lowest BCUT2D eigenvalue weighted by molar-refractivity contribution is -0.346. The van der Waals surface area contributed by atoms with Gasteiger partial charge in [0.25, 0.3) is 0 Å². The van der Waals surface area contributed by atoms with Gasteiger partial charge >= 0.3 is 11.9 Å². The molecule has 2 fully saturated rings. The van der Waals surface area contributed by atoms with Crippen molar-refractivity contribution in [2.75, 3.05) is 13.7 Å². The number of ether oxygens (including phenoxy) is 5. The molecule has 12 heteroatoms. The van der Waals surface area contributed by atoms with E-state index in [4.69, 9.17) is 23.7 Å². The number of hydrogen-bond acceptors (Lipinski definition) is 12. The maximum Gasteiger partial charge on any atom is 0.337 e. The second-order valence-corrected chi connectivity index (χ2v) is 8.13. The Balaban J connectivity index is 1.93. The second kappa shape index (κ2) is 8.98. The first-order chi connectivity index (χ1) is 14.5. The average molecular weight is 448 g/mol. The molecule has 1 saturated heterocycles. The third kappa shape index (κ3) is 4.29. The van der Waals surface area contributed by atoms with Crippen molar-refractivity contribution in [3.05, 3.63) is 11.8 Å². The number of aliphatic hydroxyl groups excluding tert-OH is 5. The molecule has 2 heterocycles. The Kier molecular flexibility index (Phi) is 6.91. The molecule has 0 unspecified atom stereocenters. The summed E-state index contributed by atoms with van der Waals surface area (Å²) in [6.45, 7) is 2.09. The summed E-state index contributed by atoms with van der Waals surface area (Å²) < 4.78 is 26.8. The first kappa shape index (κ1) is 23.9. The van der Waals surface area contributed by atoms with E-state index in [1.165, 1.54) is 14.0 Å². The van der Waals surface area contributed by atoms with Gasteiger partial charge in [0.2, 0.25) is 6.29 Å². The highest BCUT2D eigenvalue weighted by molar-refractivity contribution is 5.89. The number of fused-ring (bicyclic) bond motifs is 1. The van der Waals surface area contributed by atoms with Gasteiger partial charge in [-0.15, -0.1) is 0 Å². The summed E-state index contributed by atoms with van der Waals surface area (Å²) in [6.07, 6.45) is -9.07. The van der Waals surface area contributed by atoms with Gasteiger partial charge in [-0.2, -0.15) is 0 Å². The summed E-state index contributed by atoms with van der Waals surface area (Å²) in [7, 11) is 1.17. The summed E-state index contributed by atoms with van der Waals surface area (Å²) in [4.78, 5) is 23.9. The average Bonchev–Trinajstić information content (AvgIpc) is 2.98. The van der Waals surface area contributed by atoms with Crippen molar-refractivity contribution < 1.29 is 58.8 Å². The van der Waals surface area contributed by atoms with Crippen molar-refractivity contribution in [1.29, 1.82) is 0 Å². The normalized spacial score (nSPS) is 44.6. The van der Waals surface area contributed by atoms with E-state index in [1.54, 1.807) is 6.92 Å². The molecule has 12 nitrogen and oxygen atoms in total. The highest BCUT2D eigenvalue weighted by atomic mass is 16.8. The van der Waals surface area contributed by atoms with E-state index >= 15 is 0 Å². The van der Waals surface area contributed by atoms with Crippen LogP contribution in [0.2, 0.25) is 0 Å². The van der Waals surface area contributed by atoms with E-state index in [1.807, 2.05) is 0 Å². The Morgan fingerprint density at radius 1 is 1.16 bits per heavy atom. The molecule has 5 N–H and O–H groups in total. The summed E-state index contributed by atoms with van der Waals surface area (Å²) in [5.41, 5.74) is -1.30. The fraction of sp³-hybridized carbons (Fsp3) is 0.789. The fourth-order valence-electron chi connectivity index (χ4n) is 4.63. The fourth-order valence-corrected chi connectivity index (χ4v) is 4.63. The SMILES string of the molecule is COC(=O)C1=CO[C@@H](O[C@@H]2O[C@H](CO)[C@@H](O)[C@H](O)[C@H]2O)[C@H]2[C@@H]1[C@@H](O)C[C@]2(C)OC(C)=O. The number of hydrogen-bond donors (Lipinski definition) is 5. The van der Waals surface area contributed by atoms with Crippen LogP contribution >= 0.6 is 0 Å². The Labute approximate surface area is 177 Å². The molecule has 1 aliphatic carbocycles. The molecule has 1 saturated carbocycles. The zero-order valence-electron chi connectivity index (χ0n) is 17.3. The minimum Gasteiger partial charge on any atom is -0.471 e. The van der Waals surface area contributed by atoms with Crippen molar-refractivity contribution in [3.63, 3.8) is 0 Å². The molecule has 3 rings (SSSR count). The summed E-state index contributed by atoms with van der Waals surface area (Å²) in [6, 6.07) is 0. The van der Waals surface area contributed by atoms with Crippen LogP contribution in [0.3, 0.4) is 0 Å². The van der Waals surface area contributed by atoms with Crippen molar-refractivity contribution >= 4 is 11.9 Å². The smallest absolute Gasteiger partial charge is 0.337 e. The Morgan fingerprint density at radius 3 is 2.42 bits per heavy atom. The largest absolute Gasteiger partial charge is 0.471 e.